The van der Waals surface area contributed by atoms with E-state index in [0.717, 1.165) is 0 Å². The molecular formula is C18H16N4O6. The first-order valence-corrected chi connectivity index (χ1v) is 8.28. The molecule has 28 heavy (non-hydrogen) atoms. The number of nitro benzene ring substituents is 1. The average molecular weight is 384 g/mol. The minimum Gasteiger partial charge on any atom is -0.486 e. The molecule has 1 aliphatic rings. The molecule has 0 spiro atoms. The van der Waals surface area contributed by atoms with Gasteiger partial charge < -0.3 is 14.8 Å². The van der Waals surface area contributed by atoms with Gasteiger partial charge in [-0.25, -0.2) is 5.43 Å². The summed E-state index contributed by atoms with van der Waals surface area (Å²) in [5.41, 5.74) is 2.63. The number of hydrogen-bond donors (Lipinski definition) is 2. The van der Waals surface area contributed by atoms with Crippen LogP contribution in [0.3, 0.4) is 0 Å². The SMILES string of the molecule is O=C(CNC(=O)c1ccc2c(c1)OCCO2)N/N=C\c1ccccc1[N+](=O)[O-]. The molecule has 0 aliphatic carbocycles. The monoisotopic (exact) mass is 384 g/mol. The molecule has 0 fully saturated rings. The van der Waals surface area contributed by atoms with Gasteiger partial charge in [0.15, 0.2) is 11.5 Å². The summed E-state index contributed by atoms with van der Waals surface area (Å²) in [7, 11) is 0. The fourth-order valence-electron chi connectivity index (χ4n) is 2.42. The molecule has 0 atom stereocenters. The molecule has 2 aromatic rings. The molecule has 1 heterocycles. The molecule has 2 amide bonds. The maximum Gasteiger partial charge on any atom is 0.278 e. The fourth-order valence-corrected chi connectivity index (χ4v) is 2.42. The number of nitrogens with one attached hydrogen (secondary N) is 2. The van der Waals surface area contributed by atoms with Crippen molar-refractivity contribution in [2.24, 2.45) is 5.10 Å². The number of carbonyl (C=O) groups excluding carboxylic acids is 2. The lowest BCUT2D eigenvalue weighted by Gasteiger charge is -2.18. The molecule has 0 aromatic heterocycles. The average Bonchev–Trinajstić information content (AvgIpc) is 2.72. The van der Waals surface area contributed by atoms with Crippen LogP contribution >= 0.6 is 0 Å². The lowest BCUT2D eigenvalue weighted by molar-refractivity contribution is -0.385. The van der Waals surface area contributed by atoms with Crippen molar-refractivity contribution in [3.63, 3.8) is 0 Å². The number of ether oxygens (including phenoxy) is 2. The van der Waals surface area contributed by atoms with E-state index in [9.17, 15) is 19.7 Å². The van der Waals surface area contributed by atoms with Crippen molar-refractivity contribution in [1.82, 2.24) is 10.7 Å². The zero-order valence-electron chi connectivity index (χ0n) is 14.6. The van der Waals surface area contributed by atoms with E-state index in [2.05, 4.69) is 15.8 Å². The highest BCUT2D eigenvalue weighted by molar-refractivity contribution is 5.97. The number of nitro groups is 1. The lowest BCUT2D eigenvalue weighted by atomic mass is 10.2. The summed E-state index contributed by atoms with van der Waals surface area (Å²) in [6.07, 6.45) is 1.17. The summed E-state index contributed by atoms with van der Waals surface area (Å²) < 4.78 is 10.8. The Morgan fingerprint density at radius 2 is 1.89 bits per heavy atom. The molecular weight excluding hydrogens is 368 g/mol. The predicted octanol–water partition coefficient (Wildman–Crippen LogP) is 1.25. The smallest absolute Gasteiger partial charge is 0.278 e. The number of nitrogens with zero attached hydrogens (tertiary/aromatic N) is 2. The molecule has 1 aliphatic heterocycles. The molecule has 144 valence electrons. The van der Waals surface area contributed by atoms with Crippen molar-refractivity contribution < 1.29 is 24.0 Å². The van der Waals surface area contributed by atoms with Gasteiger partial charge in [-0.05, 0) is 24.3 Å². The topological polar surface area (TPSA) is 132 Å². The molecule has 2 aromatic carbocycles. The van der Waals surface area contributed by atoms with Gasteiger partial charge in [0.25, 0.3) is 17.5 Å². The van der Waals surface area contributed by atoms with E-state index in [-0.39, 0.29) is 17.8 Å². The van der Waals surface area contributed by atoms with Crippen molar-refractivity contribution >= 4 is 23.7 Å². The summed E-state index contributed by atoms with van der Waals surface area (Å²) in [6.45, 7) is 0.533. The standard InChI is InChI=1S/C18H16N4O6/c23-17(21-20-10-13-3-1-2-4-14(13)22(25)26)11-19-18(24)12-5-6-15-16(9-12)28-8-7-27-15/h1-6,9-10H,7-8,11H2,(H,19,24)(H,21,23)/b20-10-. The normalized spacial score (nSPS) is 12.4. The number of amides is 2. The summed E-state index contributed by atoms with van der Waals surface area (Å²) >= 11 is 0. The zero-order valence-corrected chi connectivity index (χ0v) is 14.6. The number of para-hydroxylation sites is 1. The first-order valence-electron chi connectivity index (χ1n) is 8.28. The summed E-state index contributed by atoms with van der Waals surface area (Å²) in [5, 5.41) is 17.0. The highest BCUT2D eigenvalue weighted by atomic mass is 16.6. The molecule has 0 bridgehead atoms. The Kier molecular flexibility index (Phi) is 5.80. The Balaban J connectivity index is 1.52. The summed E-state index contributed by atoms with van der Waals surface area (Å²) in [5.74, 6) is -0.0159. The summed E-state index contributed by atoms with van der Waals surface area (Å²) in [4.78, 5) is 34.3. The maximum atomic E-state index is 12.1. The van der Waals surface area contributed by atoms with E-state index < -0.39 is 16.7 Å². The van der Waals surface area contributed by atoms with Crippen LogP contribution in [0.5, 0.6) is 11.5 Å². The Labute approximate surface area is 159 Å². The van der Waals surface area contributed by atoms with Crippen LogP contribution in [0.25, 0.3) is 0 Å². The van der Waals surface area contributed by atoms with E-state index in [0.29, 0.717) is 30.3 Å². The van der Waals surface area contributed by atoms with Crippen molar-refractivity contribution in [3.8, 4) is 11.5 Å². The highest BCUT2D eigenvalue weighted by Crippen LogP contribution is 2.30. The predicted molar refractivity (Wildman–Crippen MR) is 98.6 cm³/mol. The molecule has 0 saturated carbocycles. The fraction of sp³-hybridized carbons (Fsp3) is 0.167. The second kappa shape index (κ2) is 8.62. The van der Waals surface area contributed by atoms with Gasteiger partial charge in [-0.1, -0.05) is 12.1 Å². The van der Waals surface area contributed by atoms with Crippen molar-refractivity contribution in [3.05, 3.63) is 63.7 Å². The van der Waals surface area contributed by atoms with Crippen LogP contribution in [0.2, 0.25) is 0 Å². The van der Waals surface area contributed by atoms with E-state index in [1.165, 1.54) is 30.5 Å². The van der Waals surface area contributed by atoms with Crippen LogP contribution in [-0.4, -0.2) is 42.7 Å². The third kappa shape index (κ3) is 4.61. The molecule has 0 unspecified atom stereocenters. The van der Waals surface area contributed by atoms with Gasteiger partial charge in [-0.15, -0.1) is 0 Å². The number of carbonyl (C=O) groups is 2. The molecule has 10 nitrogen and oxygen atoms in total. The Bertz CT molecular complexity index is 943. The van der Waals surface area contributed by atoms with Crippen LogP contribution in [0.1, 0.15) is 15.9 Å². The van der Waals surface area contributed by atoms with Crippen molar-refractivity contribution in [1.29, 1.82) is 0 Å². The van der Waals surface area contributed by atoms with Crippen LogP contribution in [0.15, 0.2) is 47.6 Å². The van der Waals surface area contributed by atoms with Gasteiger partial charge in [0.05, 0.1) is 23.2 Å². The number of hydrazone groups is 1. The Hall–Kier alpha value is -3.95. The third-order valence-corrected chi connectivity index (χ3v) is 3.74. The summed E-state index contributed by atoms with van der Waals surface area (Å²) in [6, 6.07) is 10.7. The van der Waals surface area contributed by atoms with Gasteiger partial charge in [0.2, 0.25) is 0 Å². The first kappa shape index (κ1) is 18.8. The van der Waals surface area contributed by atoms with E-state index in [1.807, 2.05) is 0 Å². The van der Waals surface area contributed by atoms with Gasteiger partial charge in [-0.2, -0.15) is 5.10 Å². The Morgan fingerprint density at radius 3 is 2.68 bits per heavy atom. The molecule has 0 radical (unpaired) electrons. The van der Waals surface area contributed by atoms with Gasteiger partial charge >= 0.3 is 0 Å². The van der Waals surface area contributed by atoms with Crippen molar-refractivity contribution in [2.75, 3.05) is 19.8 Å². The minimum atomic E-state index is -0.583. The first-order chi connectivity index (χ1) is 13.5. The van der Waals surface area contributed by atoms with E-state index in [4.69, 9.17) is 9.47 Å². The molecule has 3 rings (SSSR count). The Morgan fingerprint density at radius 1 is 1.14 bits per heavy atom. The number of rotatable bonds is 6. The highest BCUT2D eigenvalue weighted by Gasteiger charge is 2.15. The minimum absolute atomic E-state index is 0.132. The van der Waals surface area contributed by atoms with Crippen LogP contribution in [0.4, 0.5) is 5.69 Å². The molecule has 0 saturated heterocycles. The van der Waals surface area contributed by atoms with E-state index in [1.54, 1.807) is 18.2 Å². The molecule has 10 heteroatoms. The largest absolute Gasteiger partial charge is 0.486 e. The van der Waals surface area contributed by atoms with Gasteiger partial charge in [0, 0.05) is 11.6 Å². The second-order valence-corrected chi connectivity index (χ2v) is 5.65. The van der Waals surface area contributed by atoms with Gasteiger partial charge in [-0.3, -0.25) is 19.7 Å². The van der Waals surface area contributed by atoms with E-state index >= 15 is 0 Å². The van der Waals surface area contributed by atoms with Crippen LogP contribution in [-0.2, 0) is 4.79 Å². The second-order valence-electron chi connectivity index (χ2n) is 5.65. The quantitative estimate of drug-likeness (QED) is 0.438. The number of benzene rings is 2. The number of hydrogen-bond acceptors (Lipinski definition) is 7. The lowest BCUT2D eigenvalue weighted by Crippen LogP contribution is -2.35. The molecule has 2 N–H and O–H groups in total. The van der Waals surface area contributed by atoms with Crippen LogP contribution < -0.4 is 20.2 Å². The maximum absolute atomic E-state index is 12.1. The van der Waals surface area contributed by atoms with Crippen LogP contribution in [0, 0.1) is 10.1 Å². The van der Waals surface area contributed by atoms with Gasteiger partial charge in [0.1, 0.15) is 13.2 Å². The zero-order chi connectivity index (χ0) is 19.9. The third-order valence-electron chi connectivity index (χ3n) is 3.74. The number of fused-ring (bicyclic) bond motifs is 1. The van der Waals surface area contributed by atoms with Crippen molar-refractivity contribution in [2.45, 2.75) is 0 Å².